The minimum Gasteiger partial charge on any atom is -0.455 e. The van der Waals surface area contributed by atoms with Gasteiger partial charge in [-0.2, -0.15) is 13.2 Å². The van der Waals surface area contributed by atoms with E-state index in [0.717, 1.165) is 37.1 Å². The van der Waals surface area contributed by atoms with Gasteiger partial charge in [0.1, 0.15) is 0 Å². The number of fused-ring (bicyclic) bond motifs is 2. The molecule has 1 fully saturated rings. The topological polar surface area (TPSA) is 55.4 Å². The molecule has 0 aromatic heterocycles. The number of hydrogen-bond acceptors (Lipinski definition) is 3. The summed E-state index contributed by atoms with van der Waals surface area (Å²) in [4.78, 5) is 23.7. The van der Waals surface area contributed by atoms with Gasteiger partial charge in [0.15, 0.2) is 6.61 Å². The average Bonchev–Trinajstić information content (AvgIpc) is 3.15. The molecule has 0 radical (unpaired) electrons. The third-order valence-electron chi connectivity index (χ3n) is 4.42. The van der Waals surface area contributed by atoms with Gasteiger partial charge >= 0.3 is 12.1 Å². The minimum absolute atomic E-state index is 0.195. The van der Waals surface area contributed by atoms with E-state index < -0.39 is 30.2 Å². The lowest BCUT2D eigenvalue weighted by molar-refractivity contribution is -0.152. The van der Waals surface area contributed by atoms with Crippen LogP contribution in [0.25, 0.3) is 0 Å². The van der Waals surface area contributed by atoms with Gasteiger partial charge in [-0.05, 0) is 48.9 Å². The van der Waals surface area contributed by atoms with E-state index in [0.29, 0.717) is 5.92 Å². The third-order valence-corrected chi connectivity index (χ3v) is 4.42. The monoisotopic (exact) mass is 339 g/mol. The lowest BCUT2D eigenvalue weighted by Gasteiger charge is -2.16. The molecule has 0 saturated heterocycles. The lowest BCUT2D eigenvalue weighted by atomic mass is 9.94. The predicted molar refractivity (Wildman–Crippen MR) is 79.9 cm³/mol. The summed E-state index contributed by atoms with van der Waals surface area (Å²) in [5, 5.41) is 2.40. The summed E-state index contributed by atoms with van der Waals surface area (Å²) >= 11 is 0. The Morgan fingerprint density at radius 2 is 1.83 bits per heavy atom. The van der Waals surface area contributed by atoms with Crippen molar-refractivity contribution in [3.05, 3.63) is 42.0 Å². The molecule has 0 spiro atoms. The Labute approximate surface area is 136 Å². The number of rotatable bonds is 4. The number of allylic oxidation sites excluding steroid dienone is 2. The van der Waals surface area contributed by atoms with Crippen molar-refractivity contribution >= 4 is 17.6 Å². The van der Waals surface area contributed by atoms with E-state index in [4.69, 9.17) is 4.74 Å². The molecular weight excluding hydrogens is 323 g/mol. The second kappa shape index (κ2) is 6.30. The van der Waals surface area contributed by atoms with Gasteiger partial charge < -0.3 is 10.1 Å². The maximum absolute atomic E-state index is 12.5. The summed E-state index contributed by atoms with van der Waals surface area (Å²) in [7, 11) is 0. The molecule has 4 nitrogen and oxygen atoms in total. The Hall–Kier alpha value is -2.31. The van der Waals surface area contributed by atoms with Crippen LogP contribution in [-0.4, -0.2) is 18.5 Å². The van der Waals surface area contributed by atoms with Crippen LogP contribution in [0.2, 0.25) is 0 Å². The van der Waals surface area contributed by atoms with Crippen LogP contribution >= 0.6 is 0 Å². The first-order valence-electron chi connectivity index (χ1n) is 7.65. The highest BCUT2D eigenvalue weighted by Crippen LogP contribution is 2.43. The summed E-state index contributed by atoms with van der Waals surface area (Å²) in [5.74, 6) is -0.552. The zero-order chi connectivity index (χ0) is 17.3. The smallest absolute Gasteiger partial charge is 0.416 e. The summed E-state index contributed by atoms with van der Waals surface area (Å²) < 4.78 is 42.4. The van der Waals surface area contributed by atoms with Crippen LogP contribution in [0, 0.1) is 17.8 Å². The molecule has 7 heteroatoms. The molecule has 2 bridgehead atoms. The number of amides is 1. The van der Waals surface area contributed by atoms with E-state index in [2.05, 4.69) is 11.4 Å². The van der Waals surface area contributed by atoms with Crippen molar-refractivity contribution in [2.24, 2.45) is 17.8 Å². The van der Waals surface area contributed by atoms with Gasteiger partial charge in [-0.1, -0.05) is 12.2 Å². The molecule has 1 amide bonds. The zero-order valence-corrected chi connectivity index (χ0v) is 12.7. The fraction of sp³-hybridized carbons (Fsp3) is 0.412. The van der Waals surface area contributed by atoms with Gasteiger partial charge in [0.05, 0.1) is 11.5 Å². The Morgan fingerprint density at radius 1 is 1.12 bits per heavy atom. The first-order valence-corrected chi connectivity index (χ1v) is 7.65. The highest BCUT2D eigenvalue weighted by atomic mass is 19.4. The summed E-state index contributed by atoms with van der Waals surface area (Å²) in [6, 6.07) is 4.07. The van der Waals surface area contributed by atoms with Crippen LogP contribution < -0.4 is 5.32 Å². The van der Waals surface area contributed by atoms with E-state index in [1.165, 1.54) is 0 Å². The van der Waals surface area contributed by atoms with E-state index in [9.17, 15) is 22.8 Å². The molecule has 0 heterocycles. The first kappa shape index (κ1) is 16.5. The third kappa shape index (κ3) is 3.60. The Balaban J connectivity index is 1.47. The molecule has 1 saturated carbocycles. The fourth-order valence-corrected chi connectivity index (χ4v) is 3.24. The number of hydrogen-bond donors (Lipinski definition) is 1. The van der Waals surface area contributed by atoms with Gasteiger partial charge in [0.25, 0.3) is 5.91 Å². The number of esters is 1. The van der Waals surface area contributed by atoms with E-state index in [1.54, 1.807) is 0 Å². The second-order valence-corrected chi connectivity index (χ2v) is 6.12. The van der Waals surface area contributed by atoms with E-state index >= 15 is 0 Å². The number of carbonyl (C=O) groups excluding carboxylic acids is 2. The molecule has 3 rings (SSSR count). The van der Waals surface area contributed by atoms with Crippen molar-refractivity contribution < 1.29 is 27.5 Å². The largest absolute Gasteiger partial charge is 0.455 e. The van der Waals surface area contributed by atoms with Crippen molar-refractivity contribution in [1.82, 2.24) is 0 Å². The van der Waals surface area contributed by atoms with Gasteiger partial charge in [-0.3, -0.25) is 9.59 Å². The molecule has 1 aromatic carbocycles. The summed E-state index contributed by atoms with van der Waals surface area (Å²) in [5.41, 5.74) is -0.580. The molecule has 2 aliphatic rings. The molecule has 2 aliphatic carbocycles. The molecule has 3 unspecified atom stereocenters. The highest BCUT2D eigenvalue weighted by Gasteiger charge is 2.40. The van der Waals surface area contributed by atoms with Crippen LogP contribution in [0.15, 0.2) is 36.4 Å². The Morgan fingerprint density at radius 3 is 2.38 bits per heavy atom. The van der Waals surface area contributed by atoms with Gasteiger partial charge in [-0.25, -0.2) is 0 Å². The second-order valence-electron chi connectivity index (χ2n) is 6.12. The van der Waals surface area contributed by atoms with Gasteiger partial charge in [-0.15, -0.1) is 0 Å². The first-order chi connectivity index (χ1) is 11.3. The minimum atomic E-state index is -4.42. The number of carbonyl (C=O) groups is 2. The normalized spacial score (nSPS) is 24.9. The number of anilines is 1. The maximum Gasteiger partial charge on any atom is 0.416 e. The summed E-state index contributed by atoms with van der Waals surface area (Å²) in [6.45, 7) is -0.447. The highest BCUT2D eigenvalue weighted by molar-refractivity contribution is 5.93. The van der Waals surface area contributed by atoms with Crippen molar-refractivity contribution in [3.8, 4) is 0 Å². The molecule has 1 N–H and O–H groups in total. The summed E-state index contributed by atoms with van der Waals surface area (Å²) in [6.07, 6.45) is 1.40. The average molecular weight is 339 g/mol. The molecule has 3 atom stereocenters. The maximum atomic E-state index is 12.5. The number of halogens is 3. The molecule has 1 aromatic rings. The van der Waals surface area contributed by atoms with E-state index in [-0.39, 0.29) is 17.5 Å². The van der Waals surface area contributed by atoms with E-state index in [1.807, 2.05) is 6.08 Å². The lowest BCUT2D eigenvalue weighted by Crippen LogP contribution is -2.26. The zero-order valence-electron chi connectivity index (χ0n) is 12.7. The Bertz CT molecular complexity index is 667. The van der Waals surface area contributed by atoms with Crippen molar-refractivity contribution in [1.29, 1.82) is 0 Å². The van der Waals surface area contributed by atoms with Gasteiger partial charge in [0, 0.05) is 5.69 Å². The SMILES string of the molecule is O=C(COC(=O)C1CC2C=CC1C2)Nc1ccc(C(F)(F)F)cc1. The number of nitrogens with one attached hydrogen (secondary N) is 1. The van der Waals surface area contributed by atoms with Crippen LogP contribution in [0.3, 0.4) is 0 Å². The molecule has 24 heavy (non-hydrogen) atoms. The van der Waals surface area contributed by atoms with Crippen molar-refractivity contribution in [2.45, 2.75) is 19.0 Å². The van der Waals surface area contributed by atoms with Gasteiger partial charge in [0.2, 0.25) is 0 Å². The molecule has 0 aliphatic heterocycles. The molecule has 128 valence electrons. The molecular formula is C17H16F3NO3. The van der Waals surface area contributed by atoms with Crippen LogP contribution in [0.1, 0.15) is 18.4 Å². The van der Waals surface area contributed by atoms with Crippen molar-refractivity contribution in [2.75, 3.05) is 11.9 Å². The van der Waals surface area contributed by atoms with Crippen LogP contribution in [0.4, 0.5) is 18.9 Å². The standard InChI is InChI=1S/C17H16F3NO3/c18-17(19,20)12-3-5-13(6-4-12)21-15(22)9-24-16(23)14-8-10-1-2-11(14)7-10/h1-6,10-11,14H,7-9H2,(H,21,22). The van der Waals surface area contributed by atoms with Crippen molar-refractivity contribution in [3.63, 3.8) is 0 Å². The fourth-order valence-electron chi connectivity index (χ4n) is 3.24. The number of benzene rings is 1. The number of alkyl halides is 3. The quantitative estimate of drug-likeness (QED) is 0.676. The van der Waals surface area contributed by atoms with Crippen LogP contribution in [-0.2, 0) is 20.5 Å². The van der Waals surface area contributed by atoms with Crippen LogP contribution in [0.5, 0.6) is 0 Å². The Kier molecular flexibility index (Phi) is 4.34. The predicted octanol–water partition coefficient (Wildman–Crippen LogP) is 3.40. The number of ether oxygens (including phenoxy) is 1.